The van der Waals surface area contributed by atoms with Crippen LogP contribution in [0, 0.1) is 0 Å². The minimum absolute atomic E-state index is 0.134. The molecular formula is C14H10OS. The topological polar surface area (TPSA) is 17.1 Å². The molecular weight excluding hydrogens is 216 g/mol. The maximum absolute atomic E-state index is 12.1. The molecule has 0 amide bonds. The van der Waals surface area contributed by atoms with E-state index in [1.54, 1.807) is 0 Å². The summed E-state index contributed by atoms with van der Waals surface area (Å²) < 4.78 is 0. The van der Waals surface area contributed by atoms with Crippen LogP contribution in [0.15, 0.2) is 42.5 Å². The Morgan fingerprint density at radius 1 is 0.875 bits per heavy atom. The zero-order valence-electron chi connectivity index (χ0n) is 8.60. The van der Waals surface area contributed by atoms with Crippen molar-refractivity contribution >= 4 is 18.4 Å². The number of thiol groups is 1. The van der Waals surface area contributed by atoms with Crippen molar-refractivity contribution in [3.05, 3.63) is 59.2 Å². The van der Waals surface area contributed by atoms with Crippen LogP contribution < -0.4 is 0 Å². The van der Waals surface area contributed by atoms with E-state index < -0.39 is 0 Å². The Hall–Kier alpha value is -1.54. The molecule has 3 rings (SSSR count). The average molecular weight is 226 g/mol. The zero-order valence-corrected chi connectivity index (χ0v) is 9.50. The Balaban J connectivity index is 2.29. The SMILES string of the molecule is O=C1c2ccccc2-c2ccc(CS)cc21. The van der Waals surface area contributed by atoms with Gasteiger partial charge in [-0.3, -0.25) is 4.79 Å². The van der Waals surface area contributed by atoms with Crippen molar-refractivity contribution in [1.29, 1.82) is 0 Å². The van der Waals surface area contributed by atoms with Crippen LogP contribution in [-0.2, 0) is 5.75 Å². The van der Waals surface area contributed by atoms with Crippen LogP contribution in [0.1, 0.15) is 21.5 Å². The molecule has 0 aromatic heterocycles. The zero-order chi connectivity index (χ0) is 11.1. The van der Waals surface area contributed by atoms with E-state index in [-0.39, 0.29) is 5.78 Å². The van der Waals surface area contributed by atoms with E-state index in [2.05, 4.69) is 12.6 Å². The largest absolute Gasteiger partial charge is 0.289 e. The van der Waals surface area contributed by atoms with Gasteiger partial charge in [-0.1, -0.05) is 36.4 Å². The second kappa shape index (κ2) is 3.49. The minimum atomic E-state index is 0.134. The van der Waals surface area contributed by atoms with Crippen LogP contribution >= 0.6 is 12.6 Å². The van der Waals surface area contributed by atoms with E-state index in [1.165, 1.54) is 0 Å². The summed E-state index contributed by atoms with van der Waals surface area (Å²) in [7, 11) is 0. The van der Waals surface area contributed by atoms with Crippen molar-refractivity contribution < 1.29 is 4.79 Å². The Morgan fingerprint density at radius 3 is 2.31 bits per heavy atom. The van der Waals surface area contributed by atoms with Crippen molar-refractivity contribution in [2.24, 2.45) is 0 Å². The Morgan fingerprint density at radius 2 is 1.56 bits per heavy atom. The van der Waals surface area contributed by atoms with Crippen LogP contribution in [-0.4, -0.2) is 5.78 Å². The first-order chi connectivity index (χ1) is 7.81. The van der Waals surface area contributed by atoms with Gasteiger partial charge in [0.1, 0.15) is 0 Å². The molecule has 0 spiro atoms. The Bertz CT molecular complexity index is 587. The van der Waals surface area contributed by atoms with Crippen molar-refractivity contribution in [1.82, 2.24) is 0 Å². The molecule has 0 heterocycles. The first kappa shape index (κ1) is 9.67. The van der Waals surface area contributed by atoms with Gasteiger partial charge in [0.25, 0.3) is 0 Å². The molecule has 0 atom stereocenters. The summed E-state index contributed by atoms with van der Waals surface area (Å²) in [5.41, 5.74) is 4.81. The molecule has 0 radical (unpaired) electrons. The predicted octanol–water partition coefficient (Wildman–Crippen LogP) is 3.33. The molecule has 1 aliphatic carbocycles. The van der Waals surface area contributed by atoms with Gasteiger partial charge in [-0.05, 0) is 22.8 Å². The van der Waals surface area contributed by atoms with Gasteiger partial charge in [-0.15, -0.1) is 0 Å². The molecule has 0 aliphatic heterocycles. The standard InChI is InChI=1S/C14H10OS/c15-14-12-4-2-1-3-10(12)11-6-5-9(8-16)7-13(11)14/h1-7,16H,8H2. The van der Waals surface area contributed by atoms with Crippen molar-refractivity contribution in [2.75, 3.05) is 0 Å². The first-order valence-corrected chi connectivity index (χ1v) is 5.82. The van der Waals surface area contributed by atoms with Gasteiger partial charge in [0.15, 0.2) is 5.78 Å². The highest BCUT2D eigenvalue weighted by molar-refractivity contribution is 7.79. The lowest BCUT2D eigenvalue weighted by Crippen LogP contribution is -1.95. The van der Waals surface area contributed by atoms with Crippen LogP contribution in [0.25, 0.3) is 11.1 Å². The molecule has 0 saturated heterocycles. The summed E-state index contributed by atoms with van der Waals surface area (Å²) in [6.45, 7) is 0. The summed E-state index contributed by atoms with van der Waals surface area (Å²) in [4.78, 5) is 12.1. The molecule has 78 valence electrons. The number of fused-ring (bicyclic) bond motifs is 3. The van der Waals surface area contributed by atoms with Gasteiger partial charge < -0.3 is 0 Å². The molecule has 2 aromatic carbocycles. The summed E-state index contributed by atoms with van der Waals surface area (Å²) in [5, 5.41) is 0. The molecule has 16 heavy (non-hydrogen) atoms. The molecule has 0 fully saturated rings. The maximum Gasteiger partial charge on any atom is 0.194 e. The van der Waals surface area contributed by atoms with Crippen LogP contribution in [0.5, 0.6) is 0 Å². The fourth-order valence-electron chi connectivity index (χ4n) is 2.17. The smallest absolute Gasteiger partial charge is 0.194 e. The third-order valence-corrected chi connectivity index (χ3v) is 3.34. The summed E-state index contributed by atoms with van der Waals surface area (Å²) in [5.74, 6) is 0.797. The quantitative estimate of drug-likeness (QED) is 0.630. The lowest BCUT2D eigenvalue weighted by Gasteiger charge is -2.01. The third kappa shape index (κ3) is 1.23. The predicted molar refractivity (Wildman–Crippen MR) is 68.0 cm³/mol. The minimum Gasteiger partial charge on any atom is -0.289 e. The Labute approximate surface area is 99.5 Å². The van der Waals surface area contributed by atoms with Gasteiger partial charge in [0.2, 0.25) is 0 Å². The van der Waals surface area contributed by atoms with Gasteiger partial charge in [0.05, 0.1) is 0 Å². The van der Waals surface area contributed by atoms with Gasteiger partial charge in [-0.25, -0.2) is 0 Å². The summed E-state index contributed by atoms with van der Waals surface area (Å²) >= 11 is 4.23. The highest BCUT2D eigenvalue weighted by atomic mass is 32.1. The van der Waals surface area contributed by atoms with Crippen LogP contribution in [0.4, 0.5) is 0 Å². The molecule has 0 saturated carbocycles. The summed E-state index contributed by atoms with van der Waals surface area (Å²) in [6, 6.07) is 13.8. The van der Waals surface area contributed by atoms with E-state index in [0.717, 1.165) is 27.8 Å². The van der Waals surface area contributed by atoms with Crippen LogP contribution in [0.2, 0.25) is 0 Å². The first-order valence-electron chi connectivity index (χ1n) is 5.19. The molecule has 0 unspecified atom stereocenters. The maximum atomic E-state index is 12.1. The van der Waals surface area contributed by atoms with Crippen LogP contribution in [0.3, 0.4) is 0 Å². The number of rotatable bonds is 1. The lowest BCUT2D eigenvalue weighted by molar-refractivity contribution is 0.104. The van der Waals surface area contributed by atoms with E-state index in [0.29, 0.717) is 5.75 Å². The molecule has 1 aliphatic rings. The van der Waals surface area contributed by atoms with E-state index in [4.69, 9.17) is 0 Å². The van der Waals surface area contributed by atoms with Gasteiger partial charge >= 0.3 is 0 Å². The molecule has 1 nitrogen and oxygen atoms in total. The fourth-order valence-corrected chi connectivity index (χ4v) is 2.37. The number of benzene rings is 2. The van der Waals surface area contributed by atoms with E-state index in [9.17, 15) is 4.79 Å². The molecule has 2 heteroatoms. The normalized spacial score (nSPS) is 12.4. The number of ketones is 1. The number of carbonyl (C=O) groups is 1. The lowest BCUT2D eigenvalue weighted by atomic mass is 10.0. The molecule has 2 aromatic rings. The van der Waals surface area contributed by atoms with Crippen molar-refractivity contribution in [2.45, 2.75) is 5.75 Å². The van der Waals surface area contributed by atoms with Crippen molar-refractivity contribution in [3.63, 3.8) is 0 Å². The third-order valence-electron chi connectivity index (χ3n) is 2.97. The van der Waals surface area contributed by atoms with E-state index >= 15 is 0 Å². The molecule has 0 N–H and O–H groups in total. The van der Waals surface area contributed by atoms with E-state index in [1.807, 2.05) is 42.5 Å². The van der Waals surface area contributed by atoms with Gasteiger partial charge in [0, 0.05) is 16.9 Å². The number of carbonyl (C=O) groups excluding carboxylic acids is 1. The number of hydrogen-bond donors (Lipinski definition) is 1. The highest BCUT2D eigenvalue weighted by Gasteiger charge is 2.25. The molecule has 0 bridgehead atoms. The number of hydrogen-bond acceptors (Lipinski definition) is 2. The second-order valence-corrected chi connectivity index (χ2v) is 4.23. The fraction of sp³-hybridized carbons (Fsp3) is 0.0714. The second-order valence-electron chi connectivity index (χ2n) is 3.91. The van der Waals surface area contributed by atoms with Gasteiger partial charge in [-0.2, -0.15) is 12.6 Å². The monoisotopic (exact) mass is 226 g/mol. The average Bonchev–Trinajstić information content (AvgIpc) is 2.64. The van der Waals surface area contributed by atoms with Crippen molar-refractivity contribution in [3.8, 4) is 11.1 Å². The Kier molecular flexibility index (Phi) is 2.11. The highest BCUT2D eigenvalue weighted by Crippen LogP contribution is 2.36. The summed E-state index contributed by atoms with van der Waals surface area (Å²) in [6.07, 6.45) is 0.